The molecule has 0 radical (unpaired) electrons. The molecule has 0 aliphatic heterocycles. The highest BCUT2D eigenvalue weighted by Gasteiger charge is 2.28. The van der Waals surface area contributed by atoms with Gasteiger partial charge >= 0.3 is 0 Å². The Kier molecular flexibility index (Phi) is 5.69. The SMILES string of the molecule is c1ccc(-c2c3cc4c5ccccc5c5cccc(c3c(-c3ccccc3)c3c6cc7c8ccccc8n(-c8ccccc8)c7c7cccc(c23)c67)c54)cc1. The largest absolute Gasteiger partial charge is 0.309 e. The van der Waals surface area contributed by atoms with Crippen LogP contribution >= 0.6 is 0 Å². The molecule has 1 heteroatoms. The number of hydrogen-bond acceptors (Lipinski definition) is 0. The number of fused-ring (bicyclic) bond motifs is 12. The summed E-state index contributed by atoms with van der Waals surface area (Å²) in [5.74, 6) is 0. The van der Waals surface area contributed by atoms with Gasteiger partial charge in [0.2, 0.25) is 0 Å². The third-order valence-electron chi connectivity index (χ3n) is 12.4. The minimum Gasteiger partial charge on any atom is -0.309 e. The molecule has 0 aliphatic carbocycles. The number of rotatable bonds is 3. The van der Waals surface area contributed by atoms with Gasteiger partial charge < -0.3 is 4.57 Å². The van der Waals surface area contributed by atoms with Crippen molar-refractivity contribution in [3.05, 3.63) is 188 Å². The van der Waals surface area contributed by atoms with Crippen LogP contribution in [0.1, 0.15) is 0 Å². The van der Waals surface area contributed by atoms with Crippen LogP contribution in [0.3, 0.4) is 0 Å². The van der Waals surface area contributed by atoms with Gasteiger partial charge in [0.15, 0.2) is 0 Å². The maximum Gasteiger partial charge on any atom is 0.0620 e. The summed E-state index contributed by atoms with van der Waals surface area (Å²) in [6.07, 6.45) is 0. The number of nitrogens with zero attached hydrogens (tertiary/aromatic N) is 1. The molecule has 0 aliphatic rings. The lowest BCUT2D eigenvalue weighted by atomic mass is 9.84. The van der Waals surface area contributed by atoms with Crippen molar-refractivity contribution in [3.63, 3.8) is 0 Å². The standard InChI is InChI=1S/C54H31N/c1-4-16-32(17-5-1)47-44-30-42-36-23-11-10-22-35(36)38-25-14-26-39(49(38)42)51(44)48(33-18-6-2-7-19-33)53-45-31-43-37-24-12-13-29-46(37)55(34-20-8-3-9-21-34)54(43)41-28-15-27-40(50(41)45)52(47)53/h1-31H. The summed E-state index contributed by atoms with van der Waals surface area (Å²) >= 11 is 0. The fourth-order valence-corrected chi connectivity index (χ4v) is 10.4. The average Bonchev–Trinajstić information content (AvgIpc) is 3.89. The zero-order valence-corrected chi connectivity index (χ0v) is 29.8. The maximum atomic E-state index is 2.53. The summed E-state index contributed by atoms with van der Waals surface area (Å²) < 4.78 is 2.48. The van der Waals surface area contributed by atoms with Crippen LogP contribution in [-0.2, 0) is 0 Å². The van der Waals surface area contributed by atoms with Crippen molar-refractivity contribution < 1.29 is 0 Å². The quantitative estimate of drug-likeness (QED) is 0.162. The zero-order valence-electron chi connectivity index (χ0n) is 29.8. The molecule has 252 valence electrons. The molecule has 0 fully saturated rings. The van der Waals surface area contributed by atoms with Gasteiger partial charge in [-0.25, -0.2) is 0 Å². The molecule has 13 aromatic rings. The lowest BCUT2D eigenvalue weighted by molar-refractivity contribution is 1.19. The second-order valence-electron chi connectivity index (χ2n) is 15.1. The monoisotopic (exact) mass is 693 g/mol. The van der Waals surface area contributed by atoms with Crippen molar-refractivity contribution in [2.75, 3.05) is 0 Å². The minimum absolute atomic E-state index is 1.18. The summed E-state index contributed by atoms with van der Waals surface area (Å²) in [4.78, 5) is 0. The highest BCUT2D eigenvalue weighted by atomic mass is 15.0. The third kappa shape index (κ3) is 3.72. The molecular formula is C54H31N. The molecule has 0 spiro atoms. The van der Waals surface area contributed by atoms with Crippen molar-refractivity contribution >= 4 is 97.2 Å². The topological polar surface area (TPSA) is 4.93 Å². The zero-order chi connectivity index (χ0) is 35.8. The summed E-state index contributed by atoms with van der Waals surface area (Å²) in [5.41, 5.74) is 8.77. The number of aromatic nitrogens is 1. The van der Waals surface area contributed by atoms with Crippen molar-refractivity contribution in [2.45, 2.75) is 0 Å². The molecule has 1 aromatic heterocycles. The Bertz CT molecular complexity index is 3670. The summed E-state index contributed by atoms with van der Waals surface area (Å²) in [6.45, 7) is 0. The Hall–Kier alpha value is -7.22. The van der Waals surface area contributed by atoms with Gasteiger partial charge in [-0.05, 0) is 123 Å². The van der Waals surface area contributed by atoms with Crippen LogP contribution in [0.4, 0.5) is 0 Å². The lowest BCUT2D eigenvalue weighted by Crippen LogP contribution is -1.93. The first kappa shape index (κ1) is 29.3. The first-order valence-electron chi connectivity index (χ1n) is 19.2. The smallest absolute Gasteiger partial charge is 0.0620 e. The van der Waals surface area contributed by atoms with Crippen molar-refractivity contribution in [1.82, 2.24) is 4.57 Å². The van der Waals surface area contributed by atoms with E-state index in [4.69, 9.17) is 0 Å². The lowest BCUT2D eigenvalue weighted by Gasteiger charge is -2.19. The molecule has 13 rings (SSSR count). The molecule has 0 atom stereocenters. The Labute approximate surface area is 316 Å². The van der Waals surface area contributed by atoms with E-state index in [1.165, 1.54) is 125 Å². The van der Waals surface area contributed by atoms with Gasteiger partial charge in [-0.1, -0.05) is 158 Å². The van der Waals surface area contributed by atoms with E-state index >= 15 is 0 Å². The molecule has 0 N–H and O–H groups in total. The van der Waals surface area contributed by atoms with Crippen LogP contribution in [0.25, 0.3) is 125 Å². The average molecular weight is 694 g/mol. The number of hydrogen-bond donors (Lipinski definition) is 0. The van der Waals surface area contributed by atoms with E-state index in [2.05, 4.69) is 193 Å². The van der Waals surface area contributed by atoms with E-state index < -0.39 is 0 Å². The fraction of sp³-hybridized carbons (Fsp3) is 0. The highest BCUT2D eigenvalue weighted by molar-refractivity contribution is 6.46. The molecule has 0 saturated carbocycles. The normalized spacial score (nSPS) is 12.4. The molecular weight excluding hydrogens is 663 g/mol. The van der Waals surface area contributed by atoms with E-state index in [-0.39, 0.29) is 0 Å². The van der Waals surface area contributed by atoms with Crippen LogP contribution in [-0.4, -0.2) is 4.57 Å². The molecule has 55 heavy (non-hydrogen) atoms. The predicted molar refractivity (Wildman–Crippen MR) is 237 cm³/mol. The Morgan fingerprint density at radius 1 is 0.255 bits per heavy atom. The van der Waals surface area contributed by atoms with Crippen molar-refractivity contribution in [1.29, 1.82) is 0 Å². The van der Waals surface area contributed by atoms with Gasteiger partial charge in [0, 0.05) is 21.8 Å². The van der Waals surface area contributed by atoms with Crippen molar-refractivity contribution in [2.24, 2.45) is 0 Å². The van der Waals surface area contributed by atoms with E-state index in [0.717, 1.165) is 0 Å². The molecule has 1 heterocycles. The summed E-state index contributed by atoms with van der Waals surface area (Å²) in [7, 11) is 0. The van der Waals surface area contributed by atoms with Gasteiger partial charge in [0.25, 0.3) is 0 Å². The first-order valence-corrected chi connectivity index (χ1v) is 19.2. The van der Waals surface area contributed by atoms with Crippen LogP contribution < -0.4 is 0 Å². The molecule has 12 aromatic carbocycles. The number of para-hydroxylation sites is 2. The minimum atomic E-state index is 1.18. The van der Waals surface area contributed by atoms with Gasteiger partial charge in [-0.3, -0.25) is 0 Å². The molecule has 0 unspecified atom stereocenters. The third-order valence-corrected chi connectivity index (χ3v) is 12.4. The Morgan fingerprint density at radius 2 is 0.745 bits per heavy atom. The predicted octanol–water partition coefficient (Wildman–Crippen LogP) is 15.1. The van der Waals surface area contributed by atoms with Crippen molar-refractivity contribution in [3.8, 4) is 27.9 Å². The summed E-state index contributed by atoms with van der Waals surface area (Å²) in [6, 6.07) is 70.1. The Balaban J connectivity index is 1.37. The van der Waals surface area contributed by atoms with Gasteiger partial charge in [0.05, 0.1) is 11.0 Å². The highest BCUT2D eigenvalue weighted by Crippen LogP contribution is 2.55. The summed E-state index contributed by atoms with van der Waals surface area (Å²) in [5, 5.41) is 21.0. The Morgan fingerprint density at radius 3 is 1.47 bits per heavy atom. The van der Waals surface area contributed by atoms with E-state index in [9.17, 15) is 0 Å². The van der Waals surface area contributed by atoms with Gasteiger partial charge in [0.1, 0.15) is 0 Å². The number of benzene rings is 10. The van der Waals surface area contributed by atoms with Crippen LogP contribution in [0.5, 0.6) is 0 Å². The van der Waals surface area contributed by atoms with Crippen LogP contribution in [0.2, 0.25) is 0 Å². The molecule has 0 amide bonds. The first-order chi connectivity index (χ1) is 27.3. The van der Waals surface area contributed by atoms with Gasteiger partial charge in [-0.2, -0.15) is 0 Å². The van der Waals surface area contributed by atoms with Crippen LogP contribution in [0.15, 0.2) is 188 Å². The van der Waals surface area contributed by atoms with E-state index in [1.54, 1.807) is 0 Å². The molecule has 0 bridgehead atoms. The molecule has 1 nitrogen and oxygen atoms in total. The second-order valence-corrected chi connectivity index (χ2v) is 15.1. The van der Waals surface area contributed by atoms with Crippen LogP contribution in [0, 0.1) is 0 Å². The maximum absolute atomic E-state index is 2.53. The van der Waals surface area contributed by atoms with E-state index in [0.29, 0.717) is 0 Å². The molecule has 0 saturated heterocycles. The van der Waals surface area contributed by atoms with Gasteiger partial charge in [-0.15, -0.1) is 0 Å². The van der Waals surface area contributed by atoms with E-state index in [1.807, 2.05) is 0 Å². The second kappa shape index (κ2) is 10.7. The fourth-order valence-electron chi connectivity index (χ4n) is 10.4.